The number of allylic oxidation sites excluding steroid dienone is 1. The highest BCUT2D eigenvalue weighted by molar-refractivity contribution is 7.90. The van der Waals surface area contributed by atoms with Crippen molar-refractivity contribution < 1.29 is 46.5 Å². The van der Waals surface area contributed by atoms with Gasteiger partial charge in [0.05, 0.1) is 59.9 Å². The molecule has 2 amide bonds. The van der Waals surface area contributed by atoms with E-state index in [0.717, 1.165) is 68.4 Å². The first-order valence-corrected chi connectivity index (χ1v) is 24.3. The minimum Gasteiger partial charge on any atom is -0.491 e. The van der Waals surface area contributed by atoms with Crippen molar-refractivity contribution in [3.05, 3.63) is 42.5 Å². The van der Waals surface area contributed by atoms with Gasteiger partial charge in [-0.15, -0.1) is 6.58 Å². The molecule has 338 valence electrons. The summed E-state index contributed by atoms with van der Waals surface area (Å²) < 4.78 is 53.3. The van der Waals surface area contributed by atoms with Crippen LogP contribution in [0, 0.1) is 28.6 Å². The number of amides is 2. The molecule has 15 heteroatoms. The van der Waals surface area contributed by atoms with E-state index in [9.17, 15) is 27.6 Å². The number of benzene rings is 1. The van der Waals surface area contributed by atoms with Crippen LogP contribution in [0.4, 0.5) is 0 Å². The molecular formula is C47H64N4O10S. The zero-order valence-electron chi connectivity index (χ0n) is 36.8. The van der Waals surface area contributed by atoms with Crippen molar-refractivity contribution in [2.24, 2.45) is 28.6 Å². The van der Waals surface area contributed by atoms with Crippen LogP contribution in [0.25, 0.3) is 10.9 Å². The van der Waals surface area contributed by atoms with E-state index in [1.807, 2.05) is 52.0 Å². The molecule has 3 saturated carbocycles. The molecule has 0 spiro atoms. The van der Waals surface area contributed by atoms with Crippen molar-refractivity contribution in [2.75, 3.05) is 46.0 Å². The Bertz CT molecular complexity index is 2180. The lowest BCUT2D eigenvalue weighted by atomic mass is 9.77. The molecule has 2 saturated heterocycles. The Balaban J connectivity index is 1.13. The lowest BCUT2D eigenvalue weighted by Gasteiger charge is -2.35. The fourth-order valence-electron chi connectivity index (χ4n) is 9.95. The third kappa shape index (κ3) is 9.55. The van der Waals surface area contributed by atoms with E-state index in [4.69, 9.17) is 23.9 Å². The highest BCUT2D eigenvalue weighted by Crippen LogP contribution is 2.57. The minimum atomic E-state index is -3.87. The summed E-state index contributed by atoms with van der Waals surface area (Å²) in [6.45, 7) is 15.9. The molecule has 1 aromatic heterocycles. The number of Topliss-reactive ketones (excluding diaryl/α,β-unsaturated/α-hetero) is 1. The Labute approximate surface area is 365 Å². The number of para-hydroxylation sites is 1. The van der Waals surface area contributed by atoms with Crippen LogP contribution >= 0.6 is 0 Å². The van der Waals surface area contributed by atoms with Gasteiger partial charge in [-0.1, -0.05) is 51.8 Å². The smallest absolute Gasteiger partial charge is 0.307 e. The summed E-state index contributed by atoms with van der Waals surface area (Å²) in [5, 5.41) is 0.269. The number of sulfonamides is 1. The number of ether oxygens (including phenoxy) is 4. The van der Waals surface area contributed by atoms with E-state index in [-0.39, 0.29) is 49.8 Å². The number of hydrogen-bond acceptors (Lipinski definition) is 12. The summed E-state index contributed by atoms with van der Waals surface area (Å²) in [5.41, 5.74) is -1.02. The lowest BCUT2D eigenvalue weighted by Crippen LogP contribution is -2.48. The molecule has 3 aliphatic carbocycles. The van der Waals surface area contributed by atoms with Gasteiger partial charge in [0.25, 0.3) is 0 Å². The Morgan fingerprint density at radius 2 is 1.82 bits per heavy atom. The van der Waals surface area contributed by atoms with Gasteiger partial charge in [-0.2, -0.15) is 0 Å². The fourth-order valence-corrected chi connectivity index (χ4v) is 11.3. The summed E-state index contributed by atoms with van der Waals surface area (Å²) >= 11 is 0. The molecule has 7 atom stereocenters. The van der Waals surface area contributed by atoms with Crippen molar-refractivity contribution >= 4 is 44.5 Å². The number of pyridine rings is 1. The minimum absolute atomic E-state index is 0.0397. The van der Waals surface area contributed by atoms with Gasteiger partial charge in [0.1, 0.15) is 24.1 Å². The van der Waals surface area contributed by atoms with Crippen molar-refractivity contribution in [1.29, 1.82) is 0 Å². The summed E-state index contributed by atoms with van der Waals surface area (Å²) in [7, 11) is -3.87. The Kier molecular flexibility index (Phi) is 12.6. The average molecular weight is 877 g/mol. The van der Waals surface area contributed by atoms with Crippen LogP contribution in [0.2, 0.25) is 0 Å². The molecule has 8 rings (SSSR count). The summed E-state index contributed by atoms with van der Waals surface area (Å²) in [6.07, 6.45) is 6.91. The van der Waals surface area contributed by atoms with Crippen molar-refractivity contribution in [2.45, 2.75) is 128 Å². The topological polar surface area (TPSA) is 171 Å². The van der Waals surface area contributed by atoms with Crippen LogP contribution in [0.3, 0.4) is 0 Å². The highest BCUT2D eigenvalue weighted by atomic mass is 32.2. The predicted molar refractivity (Wildman–Crippen MR) is 232 cm³/mol. The number of esters is 1. The zero-order chi connectivity index (χ0) is 44.0. The van der Waals surface area contributed by atoms with Gasteiger partial charge >= 0.3 is 5.97 Å². The van der Waals surface area contributed by atoms with E-state index in [1.165, 1.54) is 4.90 Å². The van der Waals surface area contributed by atoms with Crippen molar-refractivity contribution in [3.63, 3.8) is 0 Å². The van der Waals surface area contributed by atoms with Crippen LogP contribution in [0.1, 0.15) is 104 Å². The normalized spacial score (nSPS) is 31.1. The Morgan fingerprint density at radius 1 is 1.06 bits per heavy atom. The molecular weight excluding hydrogens is 813 g/mol. The van der Waals surface area contributed by atoms with Gasteiger partial charge in [0.2, 0.25) is 27.7 Å². The Morgan fingerprint density at radius 3 is 2.53 bits per heavy atom. The number of rotatable bonds is 11. The molecule has 14 nitrogen and oxygen atoms in total. The second kappa shape index (κ2) is 17.5. The standard InChI is InChI=1S/C47H64N4O10S/c1-6-30-27-47(30,44(55)49-62(56,57)33-16-17-33)28-39(52)38-24-32-29-51(38)43(54)36(45(2,3)4)25-40(53)61-46(5)26-31(46)12-8-7-9-14-35-41(59-23-20-50-18-21-58-22-19-50)34-13-10-11-15-37(34)48-42(35)60-32/h6,10-11,13,15,30-33,36,38H,1,7-9,12,14,16-29H2,2-5H3,(H,49,55)/t30-,31-,32-,36-,38+,46-,47-/m1/s1. The van der Waals surface area contributed by atoms with Crippen LogP contribution in [0.5, 0.6) is 11.6 Å². The largest absolute Gasteiger partial charge is 0.491 e. The quantitative estimate of drug-likeness (QED) is 0.221. The molecule has 1 aromatic carbocycles. The second-order valence-corrected chi connectivity index (χ2v) is 21.9. The lowest BCUT2D eigenvalue weighted by molar-refractivity contribution is -0.158. The first kappa shape index (κ1) is 44.5. The van der Waals surface area contributed by atoms with Crippen LogP contribution in [-0.2, 0) is 45.1 Å². The number of fused-ring (bicyclic) bond motifs is 5. The molecule has 2 aromatic rings. The number of ketones is 1. The van der Waals surface area contributed by atoms with E-state index in [1.54, 1.807) is 6.08 Å². The molecule has 3 aliphatic heterocycles. The first-order chi connectivity index (χ1) is 29.5. The summed E-state index contributed by atoms with van der Waals surface area (Å²) in [5.74, 6) is -1.77. The number of aromatic nitrogens is 1. The molecule has 4 heterocycles. The average Bonchev–Trinajstić information content (AvgIpc) is 4.18. The Hall–Kier alpha value is -4.08. The third-order valence-electron chi connectivity index (χ3n) is 14.3. The number of hydrogen-bond donors (Lipinski definition) is 1. The van der Waals surface area contributed by atoms with E-state index in [2.05, 4.69) is 16.2 Å². The number of nitrogens with one attached hydrogen (secondary N) is 1. The van der Waals surface area contributed by atoms with E-state index >= 15 is 0 Å². The second-order valence-electron chi connectivity index (χ2n) is 20.0. The molecule has 2 bridgehead atoms. The highest BCUT2D eigenvalue weighted by Gasteiger charge is 2.62. The van der Waals surface area contributed by atoms with Gasteiger partial charge in [-0.05, 0) is 75.3 Å². The number of carbonyl (C=O) groups is 4. The number of carbonyl (C=O) groups excluding carboxylic acids is 4. The van der Waals surface area contributed by atoms with Gasteiger partial charge in [0.15, 0.2) is 5.78 Å². The molecule has 6 aliphatic rings. The van der Waals surface area contributed by atoms with Crippen molar-refractivity contribution in [3.8, 4) is 11.6 Å². The molecule has 62 heavy (non-hydrogen) atoms. The van der Waals surface area contributed by atoms with Gasteiger partial charge in [-0.25, -0.2) is 13.4 Å². The first-order valence-electron chi connectivity index (χ1n) is 22.8. The third-order valence-corrected chi connectivity index (χ3v) is 16.1. The van der Waals surface area contributed by atoms with Crippen molar-refractivity contribution in [1.82, 2.24) is 19.5 Å². The zero-order valence-corrected chi connectivity index (χ0v) is 37.6. The maximum absolute atomic E-state index is 15.0. The van der Waals surface area contributed by atoms with Crippen LogP contribution < -0.4 is 14.2 Å². The fraction of sp³-hybridized carbons (Fsp3) is 0.681. The molecule has 0 radical (unpaired) electrons. The maximum atomic E-state index is 15.0. The predicted octanol–water partition coefficient (Wildman–Crippen LogP) is 5.54. The van der Waals surface area contributed by atoms with E-state index < -0.39 is 67.6 Å². The van der Waals surface area contributed by atoms with Crippen LogP contribution in [0.15, 0.2) is 36.9 Å². The van der Waals surface area contributed by atoms with Crippen LogP contribution in [-0.4, -0.2) is 116 Å². The molecule has 0 unspecified atom stereocenters. The maximum Gasteiger partial charge on any atom is 0.307 e. The SMILES string of the molecule is C=C[C@@H]1C[C@]1(CC(=O)[C@@H]1C[C@@H]2CN1C(=O)[C@H](C(C)(C)C)CC(=O)O[C@]1(C)C[C@H]1CCCCCc1c(nc3ccccc3c1OCCN1CCOCC1)O2)C(=O)NS(=O)(=O)C1CC1. The molecule has 1 N–H and O–H groups in total. The molecule has 5 fully saturated rings. The number of nitrogens with zero attached hydrogens (tertiary/aromatic N) is 3. The van der Waals surface area contributed by atoms with Gasteiger partial charge in [0, 0.05) is 43.8 Å². The summed E-state index contributed by atoms with van der Waals surface area (Å²) in [6, 6.07) is 6.82. The van der Waals surface area contributed by atoms with Gasteiger partial charge < -0.3 is 23.8 Å². The monoisotopic (exact) mass is 876 g/mol. The summed E-state index contributed by atoms with van der Waals surface area (Å²) in [4.78, 5) is 66.1. The number of morpholine rings is 1. The van der Waals surface area contributed by atoms with E-state index in [0.29, 0.717) is 50.5 Å². The van der Waals surface area contributed by atoms with Gasteiger partial charge in [-0.3, -0.25) is 28.8 Å².